The molecule has 3 rings (SSSR count). The molecule has 0 aliphatic heterocycles. The maximum atomic E-state index is 12.1. The quantitative estimate of drug-likeness (QED) is 0.724. The van der Waals surface area contributed by atoms with Crippen LogP contribution in [0.3, 0.4) is 0 Å². The van der Waals surface area contributed by atoms with Gasteiger partial charge in [0.25, 0.3) is 0 Å². The zero-order valence-electron chi connectivity index (χ0n) is 14.7. The smallest absolute Gasteiger partial charge is 0.238 e. The van der Waals surface area contributed by atoms with E-state index in [9.17, 15) is 4.79 Å². The van der Waals surface area contributed by atoms with Gasteiger partial charge in [-0.1, -0.05) is 12.1 Å². The fourth-order valence-corrected chi connectivity index (χ4v) is 2.89. The molecule has 130 valence electrons. The van der Waals surface area contributed by atoms with E-state index in [1.54, 1.807) is 24.5 Å². The van der Waals surface area contributed by atoms with Crippen LogP contribution in [0.2, 0.25) is 0 Å². The minimum Gasteiger partial charge on any atom is -0.325 e. The molecule has 0 aliphatic carbocycles. The summed E-state index contributed by atoms with van der Waals surface area (Å²) in [5.41, 5.74) is 2.83. The van der Waals surface area contributed by atoms with Gasteiger partial charge in [-0.2, -0.15) is 0 Å². The lowest BCUT2D eigenvalue weighted by Gasteiger charge is -2.18. The van der Waals surface area contributed by atoms with E-state index in [4.69, 9.17) is 4.98 Å². The van der Waals surface area contributed by atoms with Crippen molar-refractivity contribution in [3.05, 3.63) is 54.6 Å². The molecular weight excluding hydrogens is 314 g/mol. The van der Waals surface area contributed by atoms with Crippen LogP contribution in [0.5, 0.6) is 0 Å². The van der Waals surface area contributed by atoms with Gasteiger partial charge in [0.2, 0.25) is 5.91 Å². The van der Waals surface area contributed by atoms with Crippen molar-refractivity contribution in [3.63, 3.8) is 0 Å². The highest BCUT2D eigenvalue weighted by atomic mass is 16.1. The number of pyridine rings is 1. The number of nitrogens with one attached hydrogen (secondary N) is 2. The third-order valence-electron chi connectivity index (χ3n) is 4.06. The van der Waals surface area contributed by atoms with Crippen LogP contribution in [0, 0.1) is 0 Å². The zero-order chi connectivity index (χ0) is 17.8. The average Bonchev–Trinajstić information content (AvgIpc) is 3.00. The maximum absolute atomic E-state index is 12.1. The fraction of sp³-hybridized carbons (Fsp3) is 0.316. The van der Waals surface area contributed by atoms with E-state index in [0.29, 0.717) is 0 Å². The van der Waals surface area contributed by atoms with E-state index in [1.165, 1.54) is 0 Å². The van der Waals surface area contributed by atoms with E-state index < -0.39 is 0 Å². The van der Waals surface area contributed by atoms with Crippen LogP contribution < -0.4 is 10.6 Å². The zero-order valence-corrected chi connectivity index (χ0v) is 14.7. The summed E-state index contributed by atoms with van der Waals surface area (Å²) in [6.07, 6.45) is 3.30. The second-order valence-corrected chi connectivity index (χ2v) is 6.31. The molecule has 0 bridgehead atoms. The molecule has 1 aromatic carbocycles. The molecule has 25 heavy (non-hydrogen) atoms. The first-order valence-electron chi connectivity index (χ1n) is 8.46. The standard InChI is InChI=1S/C19H23N5O/c1-13(2)24-17-7-5-4-6-16(17)23-19(24)14(3)21-12-18(25)22-15-8-10-20-11-9-15/h4-11,13-14,21H,12H2,1-3H3,(H,20,22,25)/t14-/m1/s1. The second-order valence-electron chi connectivity index (χ2n) is 6.31. The van der Waals surface area contributed by atoms with Gasteiger partial charge in [0.05, 0.1) is 23.6 Å². The lowest BCUT2D eigenvalue weighted by Crippen LogP contribution is -2.31. The molecule has 0 fully saturated rings. The number of para-hydroxylation sites is 2. The van der Waals surface area contributed by atoms with Crippen molar-refractivity contribution in [2.24, 2.45) is 0 Å². The summed E-state index contributed by atoms with van der Waals surface area (Å²) in [6, 6.07) is 11.9. The van der Waals surface area contributed by atoms with Crippen LogP contribution in [0.1, 0.15) is 38.7 Å². The van der Waals surface area contributed by atoms with Gasteiger partial charge in [-0.3, -0.25) is 15.1 Å². The fourth-order valence-electron chi connectivity index (χ4n) is 2.89. The molecule has 0 aliphatic rings. The van der Waals surface area contributed by atoms with E-state index in [2.05, 4.69) is 40.1 Å². The molecule has 0 saturated carbocycles. The number of hydrogen-bond donors (Lipinski definition) is 2. The number of hydrogen-bond acceptors (Lipinski definition) is 4. The number of rotatable bonds is 6. The Morgan fingerprint density at radius 2 is 1.84 bits per heavy atom. The molecular formula is C19H23N5O. The minimum absolute atomic E-state index is 0.0435. The molecule has 2 aromatic heterocycles. The van der Waals surface area contributed by atoms with Crippen LogP contribution in [0.25, 0.3) is 11.0 Å². The Bertz CT molecular complexity index is 857. The topological polar surface area (TPSA) is 71.8 Å². The average molecular weight is 337 g/mol. The Balaban J connectivity index is 1.71. The second kappa shape index (κ2) is 7.44. The van der Waals surface area contributed by atoms with Crippen LogP contribution in [-0.2, 0) is 4.79 Å². The van der Waals surface area contributed by atoms with Crippen LogP contribution in [0.4, 0.5) is 5.69 Å². The van der Waals surface area contributed by atoms with Crippen LogP contribution >= 0.6 is 0 Å². The number of benzene rings is 1. The van der Waals surface area contributed by atoms with E-state index in [1.807, 2.05) is 25.1 Å². The Morgan fingerprint density at radius 3 is 2.56 bits per heavy atom. The summed E-state index contributed by atoms with van der Waals surface area (Å²) in [4.78, 5) is 20.8. The number of carbonyl (C=O) groups excluding carboxylic acids is 1. The minimum atomic E-state index is -0.0924. The third-order valence-corrected chi connectivity index (χ3v) is 4.06. The summed E-state index contributed by atoms with van der Waals surface area (Å²) in [5, 5.41) is 6.11. The SMILES string of the molecule is CC(C)n1c([C@@H](C)NCC(=O)Nc2ccncc2)nc2ccccc21. The Kier molecular flexibility index (Phi) is 5.09. The number of anilines is 1. The molecule has 6 nitrogen and oxygen atoms in total. The van der Waals surface area contributed by atoms with Crippen molar-refractivity contribution in [1.82, 2.24) is 19.9 Å². The highest BCUT2D eigenvalue weighted by Crippen LogP contribution is 2.24. The first-order chi connectivity index (χ1) is 12.1. The van der Waals surface area contributed by atoms with E-state index in [0.717, 1.165) is 22.5 Å². The molecule has 0 radical (unpaired) electrons. The molecule has 2 N–H and O–H groups in total. The highest BCUT2D eigenvalue weighted by molar-refractivity contribution is 5.92. The lowest BCUT2D eigenvalue weighted by molar-refractivity contribution is -0.115. The van der Waals surface area contributed by atoms with E-state index in [-0.39, 0.29) is 24.5 Å². The van der Waals surface area contributed by atoms with Gasteiger partial charge in [-0.25, -0.2) is 4.98 Å². The lowest BCUT2D eigenvalue weighted by atomic mass is 10.2. The number of fused-ring (bicyclic) bond motifs is 1. The number of nitrogens with zero attached hydrogens (tertiary/aromatic N) is 3. The molecule has 3 aromatic rings. The van der Waals surface area contributed by atoms with Gasteiger partial charge in [0, 0.05) is 24.1 Å². The maximum Gasteiger partial charge on any atom is 0.238 e. The van der Waals surface area contributed by atoms with Gasteiger partial charge in [-0.05, 0) is 45.0 Å². The van der Waals surface area contributed by atoms with Crippen molar-refractivity contribution >= 4 is 22.6 Å². The van der Waals surface area contributed by atoms with Crippen molar-refractivity contribution in [2.75, 3.05) is 11.9 Å². The summed E-state index contributed by atoms with van der Waals surface area (Å²) < 4.78 is 2.22. The molecule has 0 spiro atoms. The van der Waals surface area contributed by atoms with Crippen molar-refractivity contribution in [2.45, 2.75) is 32.9 Å². The Hall–Kier alpha value is -2.73. The molecule has 0 saturated heterocycles. The largest absolute Gasteiger partial charge is 0.325 e. The van der Waals surface area contributed by atoms with Crippen LogP contribution in [0.15, 0.2) is 48.8 Å². The first-order valence-corrected chi connectivity index (χ1v) is 8.46. The third kappa shape index (κ3) is 3.85. The monoisotopic (exact) mass is 337 g/mol. The van der Waals surface area contributed by atoms with Gasteiger partial charge in [-0.15, -0.1) is 0 Å². The molecule has 1 amide bonds. The number of imidazole rings is 1. The summed E-state index contributed by atoms with van der Waals surface area (Å²) in [6.45, 7) is 6.52. The summed E-state index contributed by atoms with van der Waals surface area (Å²) in [5.74, 6) is 0.846. The van der Waals surface area contributed by atoms with Crippen molar-refractivity contribution in [3.8, 4) is 0 Å². The van der Waals surface area contributed by atoms with Crippen LogP contribution in [-0.4, -0.2) is 27.0 Å². The number of amides is 1. The van der Waals surface area contributed by atoms with Gasteiger partial charge >= 0.3 is 0 Å². The Labute approximate surface area is 147 Å². The highest BCUT2D eigenvalue weighted by Gasteiger charge is 2.18. The Morgan fingerprint density at radius 1 is 1.12 bits per heavy atom. The predicted octanol–water partition coefficient (Wildman–Crippen LogP) is 3.30. The number of carbonyl (C=O) groups is 1. The summed E-state index contributed by atoms with van der Waals surface area (Å²) >= 11 is 0. The summed E-state index contributed by atoms with van der Waals surface area (Å²) in [7, 11) is 0. The first kappa shape index (κ1) is 17.1. The normalized spacial score (nSPS) is 12.5. The van der Waals surface area contributed by atoms with Crippen molar-refractivity contribution < 1.29 is 4.79 Å². The number of aromatic nitrogens is 3. The molecule has 1 atom stereocenters. The van der Waals surface area contributed by atoms with Gasteiger partial charge in [0.1, 0.15) is 5.82 Å². The van der Waals surface area contributed by atoms with E-state index >= 15 is 0 Å². The van der Waals surface area contributed by atoms with Crippen molar-refractivity contribution in [1.29, 1.82) is 0 Å². The van der Waals surface area contributed by atoms with Gasteiger partial charge in [0.15, 0.2) is 0 Å². The molecule has 2 heterocycles. The molecule has 6 heteroatoms. The van der Waals surface area contributed by atoms with Gasteiger partial charge < -0.3 is 9.88 Å². The molecule has 0 unspecified atom stereocenters. The predicted molar refractivity (Wildman–Crippen MR) is 99.4 cm³/mol.